The summed E-state index contributed by atoms with van der Waals surface area (Å²) >= 11 is 0. The Labute approximate surface area is 184 Å². The van der Waals surface area contributed by atoms with Gasteiger partial charge < -0.3 is 5.32 Å². The molecule has 1 N–H and O–H groups in total. The second-order valence-corrected chi connectivity index (χ2v) is 7.19. The van der Waals surface area contributed by atoms with Crippen LogP contribution in [0.4, 0.5) is 10.1 Å². The Morgan fingerprint density at radius 3 is 2.31 bits per heavy atom. The number of fused-ring (bicyclic) bond motifs is 1. The van der Waals surface area contributed by atoms with Crippen LogP contribution in [0.2, 0.25) is 0 Å². The van der Waals surface area contributed by atoms with Crippen molar-refractivity contribution in [3.8, 4) is 5.69 Å². The Balaban J connectivity index is 1.60. The molecule has 0 aliphatic rings. The number of hydroxylamine groups is 2. The molecule has 0 atom stereocenters. The Bertz CT molecular complexity index is 1300. The minimum absolute atomic E-state index is 0.291. The first kappa shape index (κ1) is 21.2. The molecule has 0 unspecified atom stereocenters. The fourth-order valence-electron chi connectivity index (χ4n) is 3.42. The van der Waals surface area contributed by atoms with Gasteiger partial charge in [0.2, 0.25) is 0 Å². The summed E-state index contributed by atoms with van der Waals surface area (Å²) in [7, 11) is 2.93. The average Bonchev–Trinajstić information content (AvgIpc) is 3.14. The van der Waals surface area contributed by atoms with E-state index in [9.17, 15) is 14.0 Å². The van der Waals surface area contributed by atoms with Gasteiger partial charge in [0, 0.05) is 29.5 Å². The first-order valence-electron chi connectivity index (χ1n) is 9.86. The van der Waals surface area contributed by atoms with E-state index in [0.29, 0.717) is 16.8 Å². The van der Waals surface area contributed by atoms with Gasteiger partial charge >= 0.3 is 0 Å². The zero-order valence-corrected chi connectivity index (χ0v) is 17.8. The third kappa shape index (κ3) is 4.08. The van der Waals surface area contributed by atoms with E-state index in [2.05, 4.69) is 10.3 Å². The summed E-state index contributed by atoms with van der Waals surface area (Å²) < 4.78 is 15.2. The molecule has 4 rings (SSSR count). The summed E-state index contributed by atoms with van der Waals surface area (Å²) in [5.74, 6) is -0.187. The number of halogens is 1. The van der Waals surface area contributed by atoms with Gasteiger partial charge in [0.05, 0.1) is 18.1 Å². The second-order valence-electron chi connectivity index (χ2n) is 7.19. The van der Waals surface area contributed by atoms with Gasteiger partial charge in [-0.25, -0.2) is 14.4 Å². The third-order valence-corrected chi connectivity index (χ3v) is 5.12. The molecule has 1 aromatic heterocycles. The van der Waals surface area contributed by atoms with Crippen LogP contribution < -0.4 is 5.32 Å². The summed E-state index contributed by atoms with van der Waals surface area (Å²) in [4.78, 5) is 34.4. The van der Waals surface area contributed by atoms with Crippen LogP contribution in [-0.2, 0) is 4.84 Å². The van der Waals surface area contributed by atoms with Crippen LogP contribution in [0.3, 0.4) is 0 Å². The molecule has 7 nitrogen and oxygen atoms in total. The quantitative estimate of drug-likeness (QED) is 0.476. The zero-order valence-electron chi connectivity index (χ0n) is 17.8. The summed E-state index contributed by atoms with van der Waals surface area (Å²) in [5, 5.41) is 3.95. The molecule has 0 saturated carbocycles. The van der Waals surface area contributed by atoms with E-state index in [1.54, 1.807) is 54.6 Å². The van der Waals surface area contributed by atoms with E-state index in [1.807, 2.05) is 11.5 Å². The van der Waals surface area contributed by atoms with Crippen LogP contribution in [0.15, 0.2) is 66.7 Å². The number of carbonyl (C=O) groups is 2. The Hall–Kier alpha value is -4.04. The summed E-state index contributed by atoms with van der Waals surface area (Å²) in [5.41, 5.74) is 3.66. The van der Waals surface area contributed by atoms with Crippen LogP contribution in [0.25, 0.3) is 16.7 Å². The highest BCUT2D eigenvalue weighted by Crippen LogP contribution is 2.23. The molecule has 1 heterocycles. The molecule has 4 aromatic rings. The number of benzene rings is 3. The summed E-state index contributed by atoms with van der Waals surface area (Å²) in [6, 6.07) is 17.9. The maximum absolute atomic E-state index is 13.3. The maximum Gasteiger partial charge on any atom is 0.277 e. The van der Waals surface area contributed by atoms with Crippen molar-refractivity contribution in [2.45, 2.75) is 6.92 Å². The minimum Gasteiger partial charge on any atom is -0.322 e. The van der Waals surface area contributed by atoms with Crippen molar-refractivity contribution < 1.29 is 18.8 Å². The Morgan fingerprint density at radius 1 is 1.00 bits per heavy atom. The first-order chi connectivity index (χ1) is 15.4. The minimum atomic E-state index is -0.322. The van der Waals surface area contributed by atoms with Gasteiger partial charge in [0.1, 0.15) is 11.6 Å². The molecule has 3 aromatic carbocycles. The molecular formula is C24H21FN4O3. The van der Waals surface area contributed by atoms with Crippen LogP contribution in [0.5, 0.6) is 0 Å². The van der Waals surface area contributed by atoms with Gasteiger partial charge in [-0.1, -0.05) is 0 Å². The van der Waals surface area contributed by atoms with E-state index in [0.717, 1.165) is 27.6 Å². The molecule has 2 amide bonds. The molecule has 0 aliphatic carbocycles. The fourth-order valence-corrected chi connectivity index (χ4v) is 3.42. The highest BCUT2D eigenvalue weighted by molar-refractivity contribution is 6.06. The molecular weight excluding hydrogens is 411 g/mol. The lowest BCUT2D eigenvalue weighted by atomic mass is 10.1. The van der Waals surface area contributed by atoms with E-state index in [1.165, 1.54) is 26.3 Å². The lowest BCUT2D eigenvalue weighted by Gasteiger charge is -2.13. The molecule has 162 valence electrons. The van der Waals surface area contributed by atoms with Crippen molar-refractivity contribution in [2.75, 3.05) is 19.5 Å². The number of amides is 2. The number of nitrogens with one attached hydrogen (secondary N) is 1. The molecule has 0 bridgehead atoms. The smallest absolute Gasteiger partial charge is 0.277 e. The number of hydrogen-bond donors (Lipinski definition) is 1. The molecule has 0 radical (unpaired) electrons. The van der Waals surface area contributed by atoms with Crippen LogP contribution in [-0.4, -0.2) is 40.6 Å². The van der Waals surface area contributed by atoms with Crippen molar-refractivity contribution in [1.29, 1.82) is 0 Å². The average molecular weight is 432 g/mol. The number of rotatable bonds is 5. The number of nitrogens with zero attached hydrogens (tertiary/aromatic N) is 3. The lowest BCUT2D eigenvalue weighted by Crippen LogP contribution is -2.25. The van der Waals surface area contributed by atoms with Gasteiger partial charge in [-0.15, -0.1) is 0 Å². The number of aromatic nitrogens is 2. The van der Waals surface area contributed by atoms with E-state index in [-0.39, 0.29) is 17.6 Å². The van der Waals surface area contributed by atoms with Gasteiger partial charge in [0.15, 0.2) is 0 Å². The van der Waals surface area contributed by atoms with E-state index < -0.39 is 0 Å². The highest BCUT2D eigenvalue weighted by Gasteiger charge is 2.15. The van der Waals surface area contributed by atoms with E-state index in [4.69, 9.17) is 4.84 Å². The first-order valence-corrected chi connectivity index (χ1v) is 9.86. The Morgan fingerprint density at radius 2 is 1.66 bits per heavy atom. The maximum atomic E-state index is 13.3. The van der Waals surface area contributed by atoms with Crippen molar-refractivity contribution >= 4 is 28.5 Å². The van der Waals surface area contributed by atoms with Gasteiger partial charge in [-0.3, -0.25) is 19.0 Å². The fraction of sp³-hybridized carbons (Fsp3) is 0.125. The van der Waals surface area contributed by atoms with Crippen molar-refractivity contribution in [2.24, 2.45) is 0 Å². The predicted octanol–water partition coefficient (Wildman–Crippen LogP) is 4.36. The van der Waals surface area contributed by atoms with Gasteiger partial charge in [0.25, 0.3) is 11.8 Å². The molecule has 0 aliphatic heterocycles. The number of anilines is 1. The molecule has 0 fully saturated rings. The van der Waals surface area contributed by atoms with Gasteiger partial charge in [-0.05, 0) is 73.7 Å². The van der Waals surface area contributed by atoms with Crippen molar-refractivity contribution in [1.82, 2.24) is 14.6 Å². The largest absolute Gasteiger partial charge is 0.322 e. The zero-order chi connectivity index (χ0) is 22.8. The SMILES string of the molecule is CON(C)C(=O)c1ccc(NC(=O)c2ccc3nc(C)n(-c4ccc(F)cc4)c3c2)cc1. The number of carbonyl (C=O) groups excluding carboxylic acids is 2. The third-order valence-electron chi connectivity index (χ3n) is 5.12. The highest BCUT2D eigenvalue weighted by atomic mass is 19.1. The van der Waals surface area contributed by atoms with Crippen LogP contribution >= 0.6 is 0 Å². The number of hydrogen-bond acceptors (Lipinski definition) is 4. The predicted molar refractivity (Wildman–Crippen MR) is 119 cm³/mol. The van der Waals surface area contributed by atoms with Crippen molar-refractivity contribution in [3.05, 3.63) is 89.5 Å². The van der Waals surface area contributed by atoms with Crippen LogP contribution in [0, 0.1) is 12.7 Å². The standard InChI is InChI=1S/C24H21FN4O3/c1-15-26-21-13-6-17(14-22(21)29(15)20-11-7-18(25)8-12-20)23(30)27-19-9-4-16(5-10-19)24(31)28(2)32-3/h4-14H,1-3H3,(H,27,30). The summed E-state index contributed by atoms with van der Waals surface area (Å²) in [6.07, 6.45) is 0. The van der Waals surface area contributed by atoms with Crippen LogP contribution in [0.1, 0.15) is 26.5 Å². The molecule has 0 saturated heterocycles. The molecule has 8 heteroatoms. The molecule has 32 heavy (non-hydrogen) atoms. The number of aryl methyl sites for hydroxylation is 1. The normalized spacial score (nSPS) is 10.9. The van der Waals surface area contributed by atoms with Crippen molar-refractivity contribution in [3.63, 3.8) is 0 Å². The number of imidazole rings is 1. The van der Waals surface area contributed by atoms with Gasteiger partial charge in [-0.2, -0.15) is 0 Å². The lowest BCUT2D eigenvalue weighted by molar-refractivity contribution is -0.0756. The monoisotopic (exact) mass is 432 g/mol. The summed E-state index contributed by atoms with van der Waals surface area (Å²) in [6.45, 7) is 1.85. The topological polar surface area (TPSA) is 76.5 Å². The second kappa shape index (κ2) is 8.60. The Kier molecular flexibility index (Phi) is 5.70. The van der Waals surface area contributed by atoms with E-state index >= 15 is 0 Å². The molecule has 0 spiro atoms.